The Balaban J connectivity index is 2.01. The lowest BCUT2D eigenvalue weighted by atomic mass is 10.1. The molecule has 0 bridgehead atoms. The molecule has 0 radical (unpaired) electrons. The van der Waals surface area contributed by atoms with Gasteiger partial charge in [0.1, 0.15) is 11.4 Å². The van der Waals surface area contributed by atoms with Crippen molar-refractivity contribution < 1.29 is 14.5 Å². The van der Waals surface area contributed by atoms with Crippen molar-refractivity contribution in [3.05, 3.63) is 56.9 Å². The van der Waals surface area contributed by atoms with Crippen molar-refractivity contribution in [1.82, 2.24) is 19.6 Å². The molecular formula is C20H27N5O4. The summed E-state index contributed by atoms with van der Waals surface area (Å²) in [6.07, 6.45) is 0.199. The van der Waals surface area contributed by atoms with E-state index >= 15 is 0 Å². The van der Waals surface area contributed by atoms with Crippen LogP contribution in [0.5, 0.6) is 0 Å². The summed E-state index contributed by atoms with van der Waals surface area (Å²) in [6.45, 7) is 6.38. The lowest BCUT2D eigenvalue weighted by Gasteiger charge is -2.21. The van der Waals surface area contributed by atoms with Gasteiger partial charge in [0.05, 0.1) is 11.5 Å². The van der Waals surface area contributed by atoms with Crippen molar-refractivity contribution in [3.8, 4) is 0 Å². The van der Waals surface area contributed by atoms with Crippen molar-refractivity contribution in [2.24, 2.45) is 0 Å². The lowest BCUT2D eigenvalue weighted by Crippen LogP contribution is -2.31. The molecule has 1 heterocycles. The number of rotatable bonds is 8. The summed E-state index contributed by atoms with van der Waals surface area (Å²) in [4.78, 5) is 38.5. The molecule has 2 aromatic rings. The van der Waals surface area contributed by atoms with Crippen LogP contribution in [0.25, 0.3) is 0 Å². The van der Waals surface area contributed by atoms with Crippen molar-refractivity contribution in [1.29, 1.82) is 0 Å². The maximum absolute atomic E-state index is 12.6. The number of aryl methyl sites for hydroxylation is 2. The largest absolute Gasteiger partial charge is 0.345 e. The molecule has 29 heavy (non-hydrogen) atoms. The SMILES string of the molecule is CCN(Cc1ccc(C(=O)N(C)C)cc1)C(=O)CCn1nc(C)c([N+](=O)[O-])c1C. The number of amides is 2. The molecule has 0 spiro atoms. The highest BCUT2D eigenvalue weighted by atomic mass is 16.6. The second kappa shape index (κ2) is 9.31. The molecule has 9 nitrogen and oxygen atoms in total. The van der Waals surface area contributed by atoms with Crippen molar-refractivity contribution >= 4 is 17.5 Å². The van der Waals surface area contributed by atoms with Crippen molar-refractivity contribution in [2.75, 3.05) is 20.6 Å². The Morgan fingerprint density at radius 1 is 1.17 bits per heavy atom. The minimum absolute atomic E-state index is 0.00263. The molecule has 0 aliphatic rings. The zero-order valence-corrected chi connectivity index (χ0v) is 17.5. The van der Waals surface area contributed by atoms with Gasteiger partial charge in [-0.25, -0.2) is 0 Å². The molecule has 0 unspecified atom stereocenters. The highest BCUT2D eigenvalue weighted by molar-refractivity contribution is 5.93. The van der Waals surface area contributed by atoms with Gasteiger partial charge in [0.2, 0.25) is 5.91 Å². The van der Waals surface area contributed by atoms with E-state index in [0.29, 0.717) is 30.0 Å². The van der Waals surface area contributed by atoms with Crippen LogP contribution in [-0.2, 0) is 17.9 Å². The van der Waals surface area contributed by atoms with Crippen LogP contribution in [0, 0.1) is 24.0 Å². The van der Waals surface area contributed by atoms with E-state index in [1.54, 1.807) is 45.0 Å². The molecule has 1 aromatic carbocycles. The summed E-state index contributed by atoms with van der Waals surface area (Å²) in [5, 5.41) is 15.3. The van der Waals surface area contributed by atoms with Gasteiger partial charge < -0.3 is 9.80 Å². The summed E-state index contributed by atoms with van der Waals surface area (Å²) in [7, 11) is 3.40. The highest BCUT2D eigenvalue weighted by Crippen LogP contribution is 2.22. The summed E-state index contributed by atoms with van der Waals surface area (Å²) < 4.78 is 1.51. The average Bonchev–Trinajstić information content (AvgIpc) is 2.97. The predicted octanol–water partition coefficient (Wildman–Crippen LogP) is 2.55. The third kappa shape index (κ3) is 5.18. The van der Waals surface area contributed by atoms with Gasteiger partial charge in [-0.3, -0.25) is 24.4 Å². The monoisotopic (exact) mass is 401 g/mol. The Morgan fingerprint density at radius 2 is 1.79 bits per heavy atom. The molecule has 0 N–H and O–H groups in total. The van der Waals surface area contributed by atoms with Crippen molar-refractivity contribution in [3.63, 3.8) is 0 Å². The smallest absolute Gasteiger partial charge is 0.312 e. The Labute approximate surface area is 170 Å². The van der Waals surface area contributed by atoms with E-state index in [9.17, 15) is 19.7 Å². The Morgan fingerprint density at radius 3 is 2.28 bits per heavy atom. The zero-order valence-electron chi connectivity index (χ0n) is 17.5. The van der Waals surface area contributed by atoms with E-state index in [2.05, 4.69) is 5.10 Å². The summed E-state index contributed by atoms with van der Waals surface area (Å²) in [6, 6.07) is 7.20. The molecule has 1 aromatic heterocycles. The van der Waals surface area contributed by atoms with Gasteiger partial charge in [0, 0.05) is 39.2 Å². The molecule has 9 heteroatoms. The van der Waals surface area contributed by atoms with Crippen LogP contribution >= 0.6 is 0 Å². The quantitative estimate of drug-likeness (QED) is 0.500. The number of carbonyl (C=O) groups excluding carboxylic acids is 2. The summed E-state index contributed by atoms with van der Waals surface area (Å²) >= 11 is 0. The molecule has 0 atom stereocenters. The van der Waals surface area contributed by atoms with Crippen LogP contribution in [0.4, 0.5) is 5.69 Å². The lowest BCUT2D eigenvalue weighted by molar-refractivity contribution is -0.386. The molecule has 2 amide bonds. The maximum Gasteiger partial charge on any atom is 0.312 e. The number of aromatic nitrogens is 2. The fourth-order valence-electron chi connectivity index (χ4n) is 3.14. The number of hydrogen-bond donors (Lipinski definition) is 0. The number of nitro groups is 1. The normalized spacial score (nSPS) is 10.7. The molecule has 0 saturated heterocycles. The first-order valence-electron chi connectivity index (χ1n) is 9.42. The van der Waals surface area contributed by atoms with Gasteiger partial charge >= 0.3 is 5.69 Å². The van der Waals surface area contributed by atoms with E-state index in [-0.39, 0.29) is 30.5 Å². The van der Waals surface area contributed by atoms with Crippen LogP contribution in [0.2, 0.25) is 0 Å². The first-order chi connectivity index (χ1) is 13.6. The summed E-state index contributed by atoms with van der Waals surface area (Å²) in [5.41, 5.74) is 2.32. The fourth-order valence-corrected chi connectivity index (χ4v) is 3.14. The molecule has 0 aliphatic carbocycles. The number of hydrogen-bond acceptors (Lipinski definition) is 5. The van der Waals surface area contributed by atoms with Gasteiger partial charge in [-0.15, -0.1) is 0 Å². The molecule has 156 valence electrons. The molecular weight excluding hydrogens is 374 g/mol. The van der Waals surface area contributed by atoms with E-state index in [4.69, 9.17) is 0 Å². The molecule has 0 fully saturated rings. The van der Waals surface area contributed by atoms with Gasteiger partial charge in [-0.2, -0.15) is 5.10 Å². The second-order valence-corrected chi connectivity index (χ2v) is 7.05. The highest BCUT2D eigenvalue weighted by Gasteiger charge is 2.22. The van der Waals surface area contributed by atoms with Gasteiger partial charge in [-0.05, 0) is 38.5 Å². The second-order valence-electron chi connectivity index (χ2n) is 7.05. The third-order valence-electron chi connectivity index (χ3n) is 4.78. The average molecular weight is 401 g/mol. The van der Waals surface area contributed by atoms with Crippen LogP contribution < -0.4 is 0 Å². The Bertz CT molecular complexity index is 902. The van der Waals surface area contributed by atoms with E-state index in [1.165, 1.54) is 9.58 Å². The van der Waals surface area contributed by atoms with Crippen LogP contribution in [0.3, 0.4) is 0 Å². The van der Waals surface area contributed by atoms with Crippen molar-refractivity contribution in [2.45, 2.75) is 40.3 Å². The van der Waals surface area contributed by atoms with Gasteiger partial charge in [0.15, 0.2) is 0 Å². The molecule has 2 rings (SSSR count). The minimum atomic E-state index is -0.445. The van der Waals surface area contributed by atoms with E-state index in [1.807, 2.05) is 19.1 Å². The van der Waals surface area contributed by atoms with Crippen LogP contribution in [0.1, 0.15) is 40.7 Å². The Hall–Kier alpha value is -3.23. The standard InChI is InChI=1S/C20H27N5O4/c1-6-23(13-16-7-9-17(10-8-16)20(27)22(4)5)18(26)11-12-24-15(3)19(25(28)29)14(2)21-24/h7-10H,6,11-13H2,1-5H3. The topological polar surface area (TPSA) is 102 Å². The van der Waals surface area contributed by atoms with Crippen LogP contribution in [-0.4, -0.2) is 57.0 Å². The number of carbonyl (C=O) groups is 2. The number of nitrogens with zero attached hydrogens (tertiary/aromatic N) is 5. The van der Waals surface area contributed by atoms with E-state index in [0.717, 1.165) is 5.56 Å². The Kier molecular flexibility index (Phi) is 7.08. The fraction of sp³-hybridized carbons (Fsp3) is 0.450. The summed E-state index contributed by atoms with van der Waals surface area (Å²) in [5.74, 6) is -0.130. The first kappa shape index (κ1) is 22.1. The zero-order chi connectivity index (χ0) is 21.7. The van der Waals surface area contributed by atoms with E-state index < -0.39 is 4.92 Å². The maximum atomic E-state index is 12.6. The molecule has 0 aliphatic heterocycles. The van der Waals surface area contributed by atoms with Gasteiger partial charge in [0.25, 0.3) is 5.91 Å². The minimum Gasteiger partial charge on any atom is -0.345 e. The van der Waals surface area contributed by atoms with Gasteiger partial charge in [-0.1, -0.05) is 12.1 Å². The third-order valence-corrected chi connectivity index (χ3v) is 4.78. The number of benzene rings is 1. The van der Waals surface area contributed by atoms with Crippen LogP contribution in [0.15, 0.2) is 24.3 Å². The first-order valence-corrected chi connectivity index (χ1v) is 9.42. The molecule has 0 saturated carbocycles. The predicted molar refractivity (Wildman–Crippen MR) is 109 cm³/mol.